The predicted molar refractivity (Wildman–Crippen MR) is 59.0 cm³/mol. The van der Waals surface area contributed by atoms with Crippen molar-refractivity contribution in [3.63, 3.8) is 0 Å². The summed E-state index contributed by atoms with van der Waals surface area (Å²) in [5.41, 5.74) is 4.76. The van der Waals surface area contributed by atoms with E-state index in [2.05, 4.69) is 10.2 Å². The Morgan fingerprint density at radius 1 is 1.62 bits per heavy atom. The van der Waals surface area contributed by atoms with Crippen LogP contribution >= 0.6 is 11.8 Å². The average molecular weight is 245 g/mol. The van der Waals surface area contributed by atoms with Gasteiger partial charge in [0, 0.05) is 12.7 Å². The van der Waals surface area contributed by atoms with Crippen molar-refractivity contribution in [2.45, 2.75) is 31.5 Å². The normalized spacial score (nSPS) is 14.5. The lowest BCUT2D eigenvalue weighted by atomic mass is 10.1. The molecule has 0 aromatic carbocycles. The molecular weight excluding hydrogens is 230 g/mol. The van der Waals surface area contributed by atoms with Crippen LogP contribution in [0.3, 0.4) is 0 Å². The number of ether oxygens (including phenoxy) is 1. The second-order valence-corrected chi connectivity index (χ2v) is 4.44. The van der Waals surface area contributed by atoms with Crippen LogP contribution in [-0.4, -0.2) is 34.1 Å². The topological polar surface area (TPSA) is 91.2 Å². The number of nitrogens with zero attached hydrogens (tertiary/aromatic N) is 2. The van der Waals surface area contributed by atoms with Crippen molar-refractivity contribution in [1.82, 2.24) is 10.2 Å². The molecule has 0 aliphatic carbocycles. The monoisotopic (exact) mass is 245 g/mol. The smallest absolute Gasteiger partial charge is 0.326 e. The summed E-state index contributed by atoms with van der Waals surface area (Å²) in [6, 6.07) is 0. The Bertz CT molecular complexity index is 365. The molecule has 0 spiro atoms. The largest absolute Gasteiger partial charge is 0.465 e. The lowest BCUT2D eigenvalue weighted by Crippen LogP contribution is -2.48. The van der Waals surface area contributed by atoms with Crippen LogP contribution in [0, 0.1) is 6.92 Å². The summed E-state index contributed by atoms with van der Waals surface area (Å²) in [5.74, 6) is 0.379. The summed E-state index contributed by atoms with van der Waals surface area (Å²) >= 11 is 1.24. The van der Waals surface area contributed by atoms with Gasteiger partial charge in [-0.05, 0) is 13.8 Å². The molecule has 1 aromatic rings. The van der Waals surface area contributed by atoms with Gasteiger partial charge >= 0.3 is 5.97 Å². The van der Waals surface area contributed by atoms with E-state index < -0.39 is 11.5 Å². The van der Waals surface area contributed by atoms with Gasteiger partial charge in [0.1, 0.15) is 5.54 Å². The molecule has 90 valence electrons. The maximum atomic E-state index is 11.5. The molecule has 0 aliphatic rings. The molecule has 0 saturated heterocycles. The van der Waals surface area contributed by atoms with Crippen LogP contribution in [0.25, 0.3) is 0 Å². The predicted octanol–water partition coefficient (Wildman–Crippen LogP) is 0.751. The van der Waals surface area contributed by atoms with Crippen LogP contribution in [0.5, 0.6) is 0 Å². The Labute approximate surface area is 97.9 Å². The third-order valence-electron chi connectivity index (χ3n) is 1.74. The number of nitrogens with two attached hydrogens (primary N) is 1. The van der Waals surface area contributed by atoms with Crippen molar-refractivity contribution >= 4 is 17.7 Å². The summed E-state index contributed by atoms with van der Waals surface area (Å²) in [6.07, 6.45) is 0. The van der Waals surface area contributed by atoms with Crippen LogP contribution in [0.15, 0.2) is 9.64 Å². The van der Waals surface area contributed by atoms with Crippen LogP contribution in [0.1, 0.15) is 19.7 Å². The van der Waals surface area contributed by atoms with Crippen molar-refractivity contribution in [2.75, 3.05) is 12.4 Å². The van der Waals surface area contributed by atoms with Gasteiger partial charge in [-0.25, -0.2) is 0 Å². The molecule has 0 bridgehead atoms. The molecule has 2 N–H and O–H groups in total. The number of hydrogen-bond donors (Lipinski definition) is 1. The second-order valence-electron chi connectivity index (χ2n) is 3.51. The number of thioether (sulfide) groups is 1. The van der Waals surface area contributed by atoms with E-state index in [-0.39, 0.29) is 0 Å². The number of esters is 1. The molecule has 0 amide bonds. The Hall–Kier alpha value is -1.08. The minimum absolute atomic E-state index is 0.315. The molecule has 0 saturated carbocycles. The zero-order valence-corrected chi connectivity index (χ0v) is 10.3. The van der Waals surface area contributed by atoms with Crippen molar-refractivity contribution in [2.24, 2.45) is 5.73 Å². The summed E-state index contributed by atoms with van der Waals surface area (Å²) < 4.78 is 10.0. The fraction of sp³-hybridized carbons (Fsp3) is 0.667. The summed E-state index contributed by atoms with van der Waals surface area (Å²) in [4.78, 5) is 11.5. The fourth-order valence-electron chi connectivity index (χ4n) is 0.903. The van der Waals surface area contributed by atoms with E-state index in [4.69, 9.17) is 14.9 Å². The van der Waals surface area contributed by atoms with Gasteiger partial charge in [-0.1, -0.05) is 11.8 Å². The van der Waals surface area contributed by atoms with Gasteiger partial charge < -0.3 is 14.9 Å². The van der Waals surface area contributed by atoms with Crippen molar-refractivity contribution in [3.05, 3.63) is 5.89 Å². The van der Waals surface area contributed by atoms with Crippen molar-refractivity contribution in [1.29, 1.82) is 0 Å². The van der Waals surface area contributed by atoms with E-state index in [1.54, 1.807) is 20.8 Å². The first-order valence-electron chi connectivity index (χ1n) is 4.84. The van der Waals surface area contributed by atoms with Gasteiger partial charge in [0.2, 0.25) is 5.89 Å². The number of carbonyl (C=O) groups is 1. The Balaban J connectivity index is 2.50. The first kappa shape index (κ1) is 13.0. The molecule has 1 heterocycles. The highest BCUT2D eigenvalue weighted by molar-refractivity contribution is 7.99. The van der Waals surface area contributed by atoms with Gasteiger partial charge in [-0.3, -0.25) is 4.79 Å². The highest BCUT2D eigenvalue weighted by Crippen LogP contribution is 2.20. The maximum Gasteiger partial charge on any atom is 0.326 e. The number of carbonyl (C=O) groups excluding carboxylic acids is 1. The third kappa shape index (κ3) is 3.49. The van der Waals surface area contributed by atoms with Gasteiger partial charge in [0.05, 0.1) is 6.61 Å². The van der Waals surface area contributed by atoms with Crippen LogP contribution < -0.4 is 5.73 Å². The van der Waals surface area contributed by atoms with Gasteiger partial charge in [-0.2, -0.15) is 0 Å². The number of aryl methyl sites for hydroxylation is 1. The zero-order valence-electron chi connectivity index (χ0n) is 9.52. The summed E-state index contributed by atoms with van der Waals surface area (Å²) in [6.45, 7) is 5.36. The average Bonchev–Trinajstić information content (AvgIpc) is 2.62. The van der Waals surface area contributed by atoms with E-state index in [1.807, 2.05) is 0 Å². The van der Waals surface area contributed by atoms with Gasteiger partial charge in [0.15, 0.2) is 0 Å². The standard InChI is InChI=1S/C9H15N3O3S/c1-4-14-7(13)9(3,10)5-16-8-12-11-6(2)15-8/h4-5,10H2,1-3H3. The molecule has 7 heteroatoms. The molecule has 0 radical (unpaired) electrons. The van der Waals surface area contributed by atoms with E-state index >= 15 is 0 Å². The molecule has 0 aliphatic heterocycles. The van der Waals surface area contributed by atoms with Crippen LogP contribution in [-0.2, 0) is 9.53 Å². The molecule has 0 fully saturated rings. The van der Waals surface area contributed by atoms with E-state index in [0.717, 1.165) is 0 Å². The third-order valence-corrected chi connectivity index (χ3v) is 2.90. The van der Waals surface area contributed by atoms with E-state index in [1.165, 1.54) is 11.8 Å². The van der Waals surface area contributed by atoms with E-state index in [0.29, 0.717) is 23.5 Å². The maximum absolute atomic E-state index is 11.5. The molecule has 16 heavy (non-hydrogen) atoms. The van der Waals surface area contributed by atoms with Crippen molar-refractivity contribution in [3.8, 4) is 0 Å². The molecule has 1 rings (SSSR count). The highest BCUT2D eigenvalue weighted by atomic mass is 32.2. The number of rotatable bonds is 5. The summed E-state index contributed by atoms with van der Waals surface area (Å²) in [5, 5.41) is 7.87. The van der Waals surface area contributed by atoms with E-state index in [9.17, 15) is 4.79 Å². The molecule has 1 atom stereocenters. The summed E-state index contributed by atoms with van der Waals surface area (Å²) in [7, 11) is 0. The Kier molecular flexibility index (Phi) is 4.31. The Morgan fingerprint density at radius 3 is 2.81 bits per heavy atom. The lowest BCUT2D eigenvalue weighted by molar-refractivity contribution is -0.148. The molecule has 1 aromatic heterocycles. The minimum atomic E-state index is -1.05. The zero-order chi connectivity index (χ0) is 12.2. The van der Waals surface area contributed by atoms with Gasteiger partial charge in [0.25, 0.3) is 5.22 Å². The van der Waals surface area contributed by atoms with Crippen LogP contribution in [0.4, 0.5) is 0 Å². The van der Waals surface area contributed by atoms with Crippen LogP contribution in [0.2, 0.25) is 0 Å². The first-order chi connectivity index (χ1) is 7.45. The SMILES string of the molecule is CCOC(=O)C(C)(N)CSc1nnc(C)o1. The highest BCUT2D eigenvalue weighted by Gasteiger charge is 2.30. The quantitative estimate of drug-likeness (QED) is 0.604. The van der Waals surface area contributed by atoms with Crippen molar-refractivity contribution < 1.29 is 13.9 Å². The molecule has 6 nitrogen and oxygen atoms in total. The number of hydrogen-bond acceptors (Lipinski definition) is 7. The minimum Gasteiger partial charge on any atom is -0.465 e. The second kappa shape index (κ2) is 5.31. The Morgan fingerprint density at radius 2 is 2.31 bits per heavy atom. The fourth-order valence-corrected chi connectivity index (χ4v) is 1.72. The first-order valence-corrected chi connectivity index (χ1v) is 5.83. The lowest BCUT2D eigenvalue weighted by Gasteiger charge is -2.20. The molecular formula is C9H15N3O3S. The van der Waals surface area contributed by atoms with Gasteiger partial charge in [-0.15, -0.1) is 10.2 Å². The number of aromatic nitrogens is 2. The molecule has 1 unspecified atom stereocenters.